The monoisotopic (exact) mass is 262 g/mol. The van der Waals surface area contributed by atoms with Crippen molar-refractivity contribution in [3.63, 3.8) is 0 Å². The van der Waals surface area contributed by atoms with Gasteiger partial charge >= 0.3 is 5.97 Å². The molecule has 2 aliphatic carbocycles. The fraction of sp³-hybridized carbons (Fsp3) is 0.706. The van der Waals surface area contributed by atoms with Crippen LogP contribution in [-0.4, -0.2) is 12.6 Å². The Morgan fingerprint density at radius 1 is 1.32 bits per heavy atom. The van der Waals surface area contributed by atoms with Gasteiger partial charge in [-0.3, -0.25) is 4.79 Å². The zero-order chi connectivity index (χ0) is 14.0. The van der Waals surface area contributed by atoms with Crippen molar-refractivity contribution in [1.82, 2.24) is 0 Å². The SMILES string of the molecule is CC(=O)OCC(C)=CC1CCC(C)C2CCC(C)=C12. The average Bonchev–Trinajstić information content (AvgIpc) is 2.74. The van der Waals surface area contributed by atoms with Gasteiger partial charge < -0.3 is 4.74 Å². The van der Waals surface area contributed by atoms with Gasteiger partial charge in [0.25, 0.3) is 0 Å². The molecule has 0 saturated heterocycles. The van der Waals surface area contributed by atoms with Gasteiger partial charge in [-0.05, 0) is 62.9 Å². The molecular weight excluding hydrogens is 236 g/mol. The van der Waals surface area contributed by atoms with E-state index in [1.165, 1.54) is 38.2 Å². The van der Waals surface area contributed by atoms with Gasteiger partial charge in [0.1, 0.15) is 6.61 Å². The summed E-state index contributed by atoms with van der Waals surface area (Å²) in [5, 5.41) is 0. The molecule has 0 aromatic carbocycles. The molecule has 0 amide bonds. The van der Waals surface area contributed by atoms with E-state index in [1.54, 1.807) is 11.1 Å². The van der Waals surface area contributed by atoms with Crippen LogP contribution in [0.1, 0.15) is 53.4 Å². The van der Waals surface area contributed by atoms with E-state index in [9.17, 15) is 4.79 Å². The summed E-state index contributed by atoms with van der Waals surface area (Å²) in [6, 6.07) is 0. The van der Waals surface area contributed by atoms with Crippen molar-refractivity contribution in [2.45, 2.75) is 53.4 Å². The van der Waals surface area contributed by atoms with Gasteiger partial charge in [-0.15, -0.1) is 0 Å². The molecule has 2 nitrogen and oxygen atoms in total. The largest absolute Gasteiger partial charge is 0.461 e. The van der Waals surface area contributed by atoms with Crippen LogP contribution in [0.2, 0.25) is 0 Å². The summed E-state index contributed by atoms with van der Waals surface area (Å²) >= 11 is 0. The highest BCUT2D eigenvalue weighted by Crippen LogP contribution is 2.48. The van der Waals surface area contributed by atoms with Gasteiger partial charge in [-0.25, -0.2) is 0 Å². The highest BCUT2D eigenvalue weighted by atomic mass is 16.5. The van der Waals surface area contributed by atoms with Crippen LogP contribution in [-0.2, 0) is 9.53 Å². The minimum atomic E-state index is -0.195. The number of allylic oxidation sites excluding steroid dienone is 3. The quantitative estimate of drug-likeness (QED) is 0.561. The molecule has 19 heavy (non-hydrogen) atoms. The van der Waals surface area contributed by atoms with Crippen molar-refractivity contribution < 1.29 is 9.53 Å². The predicted molar refractivity (Wildman–Crippen MR) is 77.7 cm³/mol. The summed E-state index contributed by atoms with van der Waals surface area (Å²) in [6.45, 7) is 8.68. The second-order valence-electron chi connectivity index (χ2n) is 6.34. The molecule has 0 aromatic rings. The number of fused-ring (bicyclic) bond motifs is 1. The van der Waals surface area contributed by atoms with E-state index in [-0.39, 0.29) is 5.97 Å². The van der Waals surface area contributed by atoms with Crippen molar-refractivity contribution in [1.29, 1.82) is 0 Å². The van der Waals surface area contributed by atoms with E-state index in [0.717, 1.165) is 11.8 Å². The summed E-state index contributed by atoms with van der Waals surface area (Å²) in [5.74, 6) is 2.03. The standard InChI is InChI=1S/C17H26O2/c1-11(10-19-14(4)18)9-15-7-5-12(2)16-8-6-13(3)17(15)16/h9,12,15-16H,5-8,10H2,1-4H3. The van der Waals surface area contributed by atoms with Crippen molar-refractivity contribution in [2.24, 2.45) is 17.8 Å². The highest BCUT2D eigenvalue weighted by molar-refractivity contribution is 5.66. The van der Waals surface area contributed by atoms with Crippen molar-refractivity contribution in [3.8, 4) is 0 Å². The van der Waals surface area contributed by atoms with Crippen LogP contribution >= 0.6 is 0 Å². The fourth-order valence-corrected chi connectivity index (χ4v) is 3.75. The number of hydrogen-bond acceptors (Lipinski definition) is 2. The lowest BCUT2D eigenvalue weighted by Gasteiger charge is -2.34. The molecule has 0 radical (unpaired) electrons. The lowest BCUT2D eigenvalue weighted by Crippen LogP contribution is -2.23. The Morgan fingerprint density at radius 2 is 2.05 bits per heavy atom. The van der Waals surface area contributed by atoms with E-state index in [4.69, 9.17) is 4.74 Å². The maximum atomic E-state index is 10.9. The van der Waals surface area contributed by atoms with E-state index in [1.807, 2.05) is 0 Å². The third-order valence-corrected chi connectivity index (χ3v) is 4.73. The molecule has 0 aromatic heterocycles. The first kappa shape index (κ1) is 14.4. The third kappa shape index (κ3) is 3.29. The van der Waals surface area contributed by atoms with Crippen molar-refractivity contribution in [3.05, 3.63) is 22.8 Å². The van der Waals surface area contributed by atoms with Crippen LogP contribution in [0.5, 0.6) is 0 Å². The minimum Gasteiger partial charge on any atom is -0.461 e. The number of esters is 1. The summed E-state index contributed by atoms with van der Waals surface area (Å²) in [4.78, 5) is 10.9. The first-order valence-electron chi connectivity index (χ1n) is 7.49. The molecule has 0 aliphatic heterocycles. The van der Waals surface area contributed by atoms with Gasteiger partial charge in [0, 0.05) is 6.92 Å². The summed E-state index contributed by atoms with van der Waals surface area (Å²) < 4.78 is 5.08. The van der Waals surface area contributed by atoms with Gasteiger partial charge in [0.2, 0.25) is 0 Å². The zero-order valence-corrected chi connectivity index (χ0v) is 12.7. The van der Waals surface area contributed by atoms with E-state index in [2.05, 4.69) is 26.8 Å². The first-order valence-corrected chi connectivity index (χ1v) is 7.49. The molecule has 106 valence electrons. The smallest absolute Gasteiger partial charge is 0.302 e. The van der Waals surface area contributed by atoms with E-state index in [0.29, 0.717) is 12.5 Å². The van der Waals surface area contributed by atoms with Gasteiger partial charge in [-0.2, -0.15) is 0 Å². The van der Waals surface area contributed by atoms with Crippen LogP contribution in [0.3, 0.4) is 0 Å². The Kier molecular flexibility index (Phi) is 4.49. The zero-order valence-electron chi connectivity index (χ0n) is 12.7. The van der Waals surface area contributed by atoms with E-state index >= 15 is 0 Å². The van der Waals surface area contributed by atoms with Crippen LogP contribution < -0.4 is 0 Å². The van der Waals surface area contributed by atoms with Crippen LogP contribution in [0.15, 0.2) is 22.8 Å². The molecule has 0 N–H and O–H groups in total. The average molecular weight is 262 g/mol. The second-order valence-corrected chi connectivity index (χ2v) is 6.34. The third-order valence-electron chi connectivity index (χ3n) is 4.73. The normalized spacial score (nSPS) is 31.4. The van der Waals surface area contributed by atoms with Crippen LogP contribution in [0, 0.1) is 17.8 Å². The molecule has 2 heteroatoms. The minimum absolute atomic E-state index is 0.195. The summed E-state index contributed by atoms with van der Waals surface area (Å²) in [5.41, 5.74) is 4.49. The van der Waals surface area contributed by atoms with Gasteiger partial charge in [0.05, 0.1) is 0 Å². The fourth-order valence-electron chi connectivity index (χ4n) is 3.75. The molecule has 1 saturated carbocycles. The first-order chi connectivity index (χ1) is 8.99. The highest BCUT2D eigenvalue weighted by Gasteiger charge is 2.35. The van der Waals surface area contributed by atoms with Crippen LogP contribution in [0.25, 0.3) is 0 Å². The number of carbonyl (C=O) groups is 1. The molecule has 0 heterocycles. The number of hydrogen-bond donors (Lipinski definition) is 0. The second kappa shape index (κ2) is 5.94. The summed E-state index contributed by atoms with van der Waals surface area (Å²) in [7, 11) is 0. The van der Waals surface area contributed by atoms with E-state index < -0.39 is 0 Å². The summed E-state index contributed by atoms with van der Waals surface area (Å²) in [6.07, 6.45) is 7.53. The predicted octanol–water partition coefficient (Wildman–Crippen LogP) is 4.27. The maximum Gasteiger partial charge on any atom is 0.302 e. The molecule has 0 bridgehead atoms. The topological polar surface area (TPSA) is 26.3 Å². The Balaban J connectivity index is 2.09. The van der Waals surface area contributed by atoms with Crippen LogP contribution in [0.4, 0.5) is 0 Å². The molecule has 3 unspecified atom stereocenters. The van der Waals surface area contributed by atoms with Crippen molar-refractivity contribution in [2.75, 3.05) is 6.61 Å². The molecule has 2 rings (SSSR count). The molecule has 0 spiro atoms. The molecule has 3 atom stereocenters. The Morgan fingerprint density at radius 3 is 2.74 bits per heavy atom. The number of ether oxygens (including phenoxy) is 1. The Bertz CT molecular complexity index is 417. The molecule has 1 fully saturated rings. The van der Waals surface area contributed by atoms with Gasteiger partial charge in [0.15, 0.2) is 0 Å². The van der Waals surface area contributed by atoms with Gasteiger partial charge in [-0.1, -0.05) is 24.1 Å². The number of carbonyl (C=O) groups excluding carboxylic acids is 1. The molecule has 2 aliphatic rings. The Hall–Kier alpha value is -1.05. The Labute approximate surface area is 116 Å². The lowest BCUT2D eigenvalue weighted by molar-refractivity contribution is -0.139. The number of rotatable bonds is 3. The molecular formula is C17H26O2. The lowest BCUT2D eigenvalue weighted by atomic mass is 9.71. The van der Waals surface area contributed by atoms with Crippen molar-refractivity contribution >= 4 is 5.97 Å². The maximum absolute atomic E-state index is 10.9.